The van der Waals surface area contributed by atoms with Gasteiger partial charge in [-0.05, 0) is 0 Å². The number of hydrogen-bond donors (Lipinski definition) is 2. The van der Waals surface area contributed by atoms with Crippen LogP contribution in [0.1, 0.15) is 0 Å². The van der Waals surface area contributed by atoms with Crippen molar-refractivity contribution in [1.82, 2.24) is 0 Å². The molecule has 3 nitrogen and oxygen atoms in total. The van der Waals surface area contributed by atoms with Gasteiger partial charge in [-0.25, -0.2) is 9.18 Å². The zero-order chi connectivity index (χ0) is 7.28. The molecule has 52 valence electrons. The quantitative estimate of drug-likeness (QED) is 0.529. The van der Waals surface area contributed by atoms with Crippen LogP contribution in [0.5, 0.6) is 0 Å². The lowest BCUT2D eigenvalue weighted by molar-refractivity contribution is -0.132. The summed E-state index contributed by atoms with van der Waals surface area (Å²) < 4.78 is 11.6. The molecule has 0 aromatic rings. The maximum absolute atomic E-state index is 11.6. The molecule has 4 heteroatoms. The van der Waals surface area contributed by atoms with E-state index in [1.165, 1.54) is 0 Å². The van der Waals surface area contributed by atoms with Crippen molar-refractivity contribution in [2.75, 3.05) is 13.2 Å². The van der Waals surface area contributed by atoms with Crippen molar-refractivity contribution >= 4 is 5.97 Å². The predicted molar refractivity (Wildman–Crippen MR) is 30.7 cm³/mol. The maximum Gasteiger partial charge on any atom is 0.333 e. The van der Waals surface area contributed by atoms with Crippen molar-refractivity contribution in [2.45, 2.75) is 0 Å². The van der Waals surface area contributed by atoms with E-state index in [9.17, 15) is 9.18 Å². The van der Waals surface area contributed by atoms with Crippen LogP contribution in [0.3, 0.4) is 0 Å². The molecule has 0 fully saturated rings. The van der Waals surface area contributed by atoms with Gasteiger partial charge in [0.25, 0.3) is 0 Å². The predicted octanol–water partition coefficient (Wildman–Crippen LogP) is -0.0744. The second-order valence-corrected chi connectivity index (χ2v) is 1.40. The van der Waals surface area contributed by atoms with Gasteiger partial charge in [-0.15, -0.1) is 0 Å². The van der Waals surface area contributed by atoms with Gasteiger partial charge < -0.3 is 10.8 Å². The Labute approximate surface area is 52.0 Å². The van der Waals surface area contributed by atoms with Gasteiger partial charge in [-0.1, -0.05) is 6.08 Å². The summed E-state index contributed by atoms with van der Waals surface area (Å²) >= 11 is 0. The van der Waals surface area contributed by atoms with Crippen molar-refractivity contribution in [1.29, 1.82) is 0 Å². The molecule has 0 aliphatic heterocycles. The van der Waals surface area contributed by atoms with Crippen LogP contribution in [0.4, 0.5) is 4.39 Å². The van der Waals surface area contributed by atoms with E-state index in [1.807, 2.05) is 0 Å². The third-order valence-electron chi connectivity index (χ3n) is 0.783. The molecular weight excluding hydrogens is 125 g/mol. The topological polar surface area (TPSA) is 63.3 Å². The molecule has 0 unspecified atom stereocenters. The lowest BCUT2D eigenvalue weighted by Gasteiger charge is -1.91. The Morgan fingerprint density at radius 2 is 2.33 bits per heavy atom. The fraction of sp³-hybridized carbons (Fsp3) is 0.400. The third kappa shape index (κ3) is 2.81. The molecule has 0 aliphatic carbocycles. The summed E-state index contributed by atoms with van der Waals surface area (Å²) in [4.78, 5) is 9.96. The van der Waals surface area contributed by atoms with Gasteiger partial charge in [0.1, 0.15) is 6.67 Å². The fourth-order valence-electron chi connectivity index (χ4n) is 0.341. The number of rotatable bonds is 3. The number of aliphatic carboxylic acids is 1. The Morgan fingerprint density at radius 1 is 1.78 bits per heavy atom. The zero-order valence-corrected chi connectivity index (χ0v) is 4.80. The summed E-state index contributed by atoms with van der Waals surface area (Å²) in [6.45, 7) is -0.905. The van der Waals surface area contributed by atoms with Gasteiger partial charge in [0.05, 0.1) is 5.57 Å². The molecule has 9 heavy (non-hydrogen) atoms. The minimum Gasteiger partial charge on any atom is -0.478 e. The molecule has 0 heterocycles. The maximum atomic E-state index is 11.6. The average Bonchev–Trinajstić information content (AvgIpc) is 1.82. The highest BCUT2D eigenvalue weighted by Crippen LogP contribution is 1.92. The first kappa shape index (κ1) is 8.10. The Bertz CT molecular complexity index is 133. The summed E-state index contributed by atoms with van der Waals surface area (Å²) in [5.41, 5.74) is 4.66. The van der Waals surface area contributed by atoms with Crippen molar-refractivity contribution in [2.24, 2.45) is 5.73 Å². The largest absolute Gasteiger partial charge is 0.478 e. The molecule has 0 atom stereocenters. The van der Waals surface area contributed by atoms with Crippen LogP contribution < -0.4 is 5.73 Å². The van der Waals surface area contributed by atoms with E-state index in [1.54, 1.807) is 0 Å². The molecule has 0 saturated carbocycles. The van der Waals surface area contributed by atoms with Crippen LogP contribution >= 0.6 is 0 Å². The van der Waals surface area contributed by atoms with Crippen LogP contribution in [-0.4, -0.2) is 24.3 Å². The van der Waals surface area contributed by atoms with Gasteiger partial charge in [-0.2, -0.15) is 0 Å². The monoisotopic (exact) mass is 133 g/mol. The van der Waals surface area contributed by atoms with E-state index in [-0.39, 0.29) is 12.1 Å². The first-order valence-electron chi connectivity index (χ1n) is 2.40. The first-order chi connectivity index (χ1) is 4.22. The highest BCUT2D eigenvalue weighted by molar-refractivity contribution is 5.86. The van der Waals surface area contributed by atoms with Gasteiger partial charge in [0, 0.05) is 6.54 Å². The van der Waals surface area contributed by atoms with Crippen LogP contribution in [-0.2, 0) is 4.79 Å². The minimum absolute atomic E-state index is 0.0611. The SMILES string of the molecule is NC/C=C(/CF)C(=O)O. The summed E-state index contributed by atoms with van der Waals surface area (Å²) in [5.74, 6) is -1.25. The number of nitrogens with two attached hydrogens (primary N) is 1. The average molecular weight is 133 g/mol. The molecule has 0 bridgehead atoms. The summed E-state index contributed by atoms with van der Waals surface area (Å²) in [6.07, 6.45) is 1.14. The molecule has 0 aliphatic rings. The number of alkyl halides is 1. The van der Waals surface area contributed by atoms with Gasteiger partial charge in [0.2, 0.25) is 0 Å². The summed E-state index contributed by atoms with van der Waals surface area (Å²) in [5, 5.41) is 8.14. The summed E-state index contributed by atoms with van der Waals surface area (Å²) in [7, 11) is 0. The van der Waals surface area contributed by atoms with E-state index in [0.29, 0.717) is 0 Å². The fourth-order valence-corrected chi connectivity index (χ4v) is 0.341. The lowest BCUT2D eigenvalue weighted by atomic mass is 10.3. The molecule has 0 aromatic heterocycles. The smallest absolute Gasteiger partial charge is 0.333 e. The van der Waals surface area contributed by atoms with E-state index in [0.717, 1.165) is 6.08 Å². The Morgan fingerprint density at radius 3 is 2.44 bits per heavy atom. The first-order valence-corrected chi connectivity index (χ1v) is 2.40. The minimum atomic E-state index is -1.25. The lowest BCUT2D eigenvalue weighted by Crippen LogP contribution is -2.05. The molecule has 0 spiro atoms. The third-order valence-corrected chi connectivity index (χ3v) is 0.783. The normalized spacial score (nSPS) is 11.6. The Hall–Kier alpha value is -0.900. The summed E-state index contributed by atoms with van der Waals surface area (Å²) in [6, 6.07) is 0. The van der Waals surface area contributed by atoms with Crippen LogP contribution in [0.25, 0.3) is 0 Å². The van der Waals surface area contributed by atoms with E-state index < -0.39 is 12.6 Å². The van der Waals surface area contributed by atoms with E-state index in [2.05, 4.69) is 0 Å². The molecule has 0 amide bonds. The zero-order valence-electron chi connectivity index (χ0n) is 4.80. The van der Waals surface area contributed by atoms with Crippen molar-refractivity contribution in [3.63, 3.8) is 0 Å². The number of carbonyl (C=O) groups is 1. The highest BCUT2D eigenvalue weighted by Gasteiger charge is 2.03. The molecule has 0 radical (unpaired) electrons. The molecular formula is C5H8FNO2. The second-order valence-electron chi connectivity index (χ2n) is 1.40. The van der Waals surface area contributed by atoms with Crippen LogP contribution in [0.15, 0.2) is 11.6 Å². The standard InChI is InChI=1S/C5H8FNO2/c6-3-4(1-2-7)5(8)9/h1H,2-3,7H2,(H,8,9)/b4-1-. The van der Waals surface area contributed by atoms with Crippen LogP contribution in [0.2, 0.25) is 0 Å². The number of hydrogen-bond acceptors (Lipinski definition) is 2. The number of carboxylic acids is 1. The number of carboxylic acid groups (broad SMARTS) is 1. The molecule has 0 rings (SSSR count). The van der Waals surface area contributed by atoms with Gasteiger partial charge in [-0.3, -0.25) is 0 Å². The van der Waals surface area contributed by atoms with Crippen LogP contribution in [0, 0.1) is 0 Å². The van der Waals surface area contributed by atoms with E-state index >= 15 is 0 Å². The van der Waals surface area contributed by atoms with Crippen molar-refractivity contribution in [3.8, 4) is 0 Å². The molecule has 3 N–H and O–H groups in total. The second kappa shape index (κ2) is 4.03. The highest BCUT2D eigenvalue weighted by atomic mass is 19.1. The van der Waals surface area contributed by atoms with Gasteiger partial charge in [0.15, 0.2) is 0 Å². The molecule has 0 aromatic carbocycles. The van der Waals surface area contributed by atoms with Gasteiger partial charge >= 0.3 is 5.97 Å². The number of halogens is 1. The van der Waals surface area contributed by atoms with Crippen molar-refractivity contribution < 1.29 is 14.3 Å². The Kier molecular flexibility index (Phi) is 3.62. The Balaban J connectivity index is 3.98. The molecule has 0 saturated heterocycles. The van der Waals surface area contributed by atoms with Crippen molar-refractivity contribution in [3.05, 3.63) is 11.6 Å². The van der Waals surface area contributed by atoms with E-state index in [4.69, 9.17) is 10.8 Å².